The van der Waals surface area contributed by atoms with Gasteiger partial charge in [0.05, 0.1) is 19.8 Å². The van der Waals surface area contributed by atoms with Crippen LogP contribution in [0.2, 0.25) is 0 Å². The molecule has 0 spiro atoms. The minimum absolute atomic E-state index is 0.266. The molecule has 0 aromatic carbocycles. The molecular weight excluding hydrogens is 404 g/mol. The van der Waals surface area contributed by atoms with Crippen LogP contribution in [0.5, 0.6) is 0 Å². The van der Waals surface area contributed by atoms with Gasteiger partial charge in [0.1, 0.15) is 48.8 Å². The summed E-state index contributed by atoms with van der Waals surface area (Å²) >= 11 is 0. The second kappa shape index (κ2) is 11.4. The third-order valence-corrected chi connectivity index (χ3v) is 5.95. The lowest BCUT2D eigenvalue weighted by Gasteiger charge is -2.46. The SMILES string of the molecule is CC(C)C(C)CCO[C@H]1O[C@H](CO)[C@@H](O)[C@H](O[C@H]2O[C@H](CO)[C@@H](O)[C@H](O)[C@@H]2O)[C@@H]1O. The summed E-state index contributed by atoms with van der Waals surface area (Å²) in [5.41, 5.74) is 0. The van der Waals surface area contributed by atoms with Gasteiger partial charge in [-0.25, -0.2) is 0 Å². The summed E-state index contributed by atoms with van der Waals surface area (Å²) in [6.07, 6.45) is -13.7. The lowest BCUT2D eigenvalue weighted by Crippen LogP contribution is -2.64. The van der Waals surface area contributed by atoms with E-state index in [0.717, 1.165) is 0 Å². The van der Waals surface area contributed by atoms with E-state index in [9.17, 15) is 35.7 Å². The standard InChI is InChI=1S/C19H36O11/c1-8(2)9(3)4-5-27-18-16(26)17(13(23)11(7-21)28-18)30-19-15(25)14(24)12(22)10(6-20)29-19/h8-26H,4-7H2,1-3H3/t9?,10-,11-,12-,13-,14+,15+,16+,17+,18+,19-/m1/s1. The highest BCUT2D eigenvalue weighted by Crippen LogP contribution is 2.29. The molecule has 11 nitrogen and oxygen atoms in total. The van der Waals surface area contributed by atoms with E-state index in [0.29, 0.717) is 18.3 Å². The van der Waals surface area contributed by atoms with Crippen LogP contribution in [0, 0.1) is 11.8 Å². The molecule has 2 fully saturated rings. The Kier molecular flexibility index (Phi) is 9.84. The number of hydrogen-bond acceptors (Lipinski definition) is 11. The van der Waals surface area contributed by atoms with Gasteiger partial charge in [-0.15, -0.1) is 0 Å². The fourth-order valence-corrected chi connectivity index (χ4v) is 3.39. The monoisotopic (exact) mass is 440 g/mol. The fourth-order valence-electron chi connectivity index (χ4n) is 3.39. The predicted molar refractivity (Wildman–Crippen MR) is 101 cm³/mol. The van der Waals surface area contributed by atoms with Crippen LogP contribution in [0.1, 0.15) is 27.2 Å². The lowest BCUT2D eigenvalue weighted by atomic mass is 9.95. The molecule has 2 rings (SSSR count). The molecule has 30 heavy (non-hydrogen) atoms. The average Bonchev–Trinajstić information content (AvgIpc) is 2.72. The third kappa shape index (κ3) is 5.87. The predicted octanol–water partition coefficient (Wildman–Crippen LogP) is -2.69. The Morgan fingerprint density at radius 2 is 1.30 bits per heavy atom. The first-order valence-corrected chi connectivity index (χ1v) is 10.3. The van der Waals surface area contributed by atoms with Crippen LogP contribution in [0.3, 0.4) is 0 Å². The highest BCUT2D eigenvalue weighted by molar-refractivity contribution is 4.94. The van der Waals surface area contributed by atoms with E-state index >= 15 is 0 Å². The van der Waals surface area contributed by atoms with Crippen molar-refractivity contribution >= 4 is 0 Å². The first-order chi connectivity index (χ1) is 14.1. The minimum atomic E-state index is -1.70. The summed E-state index contributed by atoms with van der Waals surface area (Å²) in [5.74, 6) is 0.811. The minimum Gasteiger partial charge on any atom is -0.394 e. The summed E-state index contributed by atoms with van der Waals surface area (Å²) in [4.78, 5) is 0. The maximum absolute atomic E-state index is 10.6. The average molecular weight is 440 g/mol. The van der Waals surface area contributed by atoms with Crippen molar-refractivity contribution in [2.75, 3.05) is 19.8 Å². The van der Waals surface area contributed by atoms with Gasteiger partial charge in [0.25, 0.3) is 0 Å². The van der Waals surface area contributed by atoms with Gasteiger partial charge in [-0.2, -0.15) is 0 Å². The van der Waals surface area contributed by atoms with Gasteiger partial charge < -0.3 is 54.7 Å². The molecule has 0 bridgehead atoms. The number of aliphatic hydroxyl groups is 7. The van der Waals surface area contributed by atoms with Gasteiger partial charge in [-0.3, -0.25) is 0 Å². The second-order valence-electron chi connectivity index (χ2n) is 8.39. The van der Waals surface area contributed by atoms with E-state index in [2.05, 4.69) is 20.8 Å². The number of rotatable bonds is 9. The molecule has 1 unspecified atom stereocenters. The van der Waals surface area contributed by atoms with Crippen LogP contribution >= 0.6 is 0 Å². The molecular formula is C19H36O11. The Bertz CT molecular complexity index is 505. The van der Waals surface area contributed by atoms with Crippen molar-refractivity contribution < 1.29 is 54.7 Å². The van der Waals surface area contributed by atoms with Crippen molar-refractivity contribution in [1.82, 2.24) is 0 Å². The zero-order valence-electron chi connectivity index (χ0n) is 17.5. The topological polar surface area (TPSA) is 179 Å². The van der Waals surface area contributed by atoms with Crippen molar-refractivity contribution in [1.29, 1.82) is 0 Å². The molecule has 0 aromatic rings. The molecule has 11 heteroatoms. The van der Waals surface area contributed by atoms with E-state index in [1.54, 1.807) is 0 Å². The second-order valence-corrected chi connectivity index (χ2v) is 8.39. The quantitative estimate of drug-likeness (QED) is 0.198. The van der Waals surface area contributed by atoms with E-state index in [1.807, 2.05) is 0 Å². The number of hydrogen-bond donors (Lipinski definition) is 7. The Labute approximate surface area is 175 Å². The molecule has 2 heterocycles. The van der Waals surface area contributed by atoms with Gasteiger partial charge >= 0.3 is 0 Å². The summed E-state index contributed by atoms with van der Waals surface area (Å²) in [5, 5.41) is 69.8. The molecule has 11 atom stereocenters. The molecule has 7 N–H and O–H groups in total. The summed E-state index contributed by atoms with van der Waals surface area (Å²) in [7, 11) is 0. The smallest absolute Gasteiger partial charge is 0.187 e. The lowest BCUT2D eigenvalue weighted by molar-refractivity contribution is -0.360. The molecule has 0 radical (unpaired) electrons. The Morgan fingerprint density at radius 3 is 1.87 bits per heavy atom. The van der Waals surface area contributed by atoms with Crippen molar-refractivity contribution in [2.24, 2.45) is 11.8 Å². The highest BCUT2D eigenvalue weighted by Gasteiger charge is 2.50. The third-order valence-electron chi connectivity index (χ3n) is 5.95. The molecule has 0 amide bonds. The molecule has 0 aliphatic carbocycles. The van der Waals surface area contributed by atoms with Gasteiger partial charge in [0.2, 0.25) is 0 Å². The number of aliphatic hydroxyl groups excluding tert-OH is 7. The highest BCUT2D eigenvalue weighted by atomic mass is 16.7. The fraction of sp³-hybridized carbons (Fsp3) is 1.00. The van der Waals surface area contributed by atoms with Crippen molar-refractivity contribution in [3.63, 3.8) is 0 Å². The summed E-state index contributed by atoms with van der Waals surface area (Å²) < 4.78 is 21.9. The van der Waals surface area contributed by atoms with Crippen molar-refractivity contribution in [2.45, 2.75) is 88.6 Å². The maximum atomic E-state index is 10.6. The van der Waals surface area contributed by atoms with Gasteiger partial charge in [-0.05, 0) is 18.3 Å². The summed E-state index contributed by atoms with van der Waals surface area (Å²) in [6, 6.07) is 0. The largest absolute Gasteiger partial charge is 0.394 e. The molecule has 0 aromatic heterocycles. The van der Waals surface area contributed by atoms with E-state index < -0.39 is 74.6 Å². The molecule has 2 aliphatic heterocycles. The van der Waals surface area contributed by atoms with Crippen LogP contribution in [-0.2, 0) is 18.9 Å². The zero-order valence-corrected chi connectivity index (χ0v) is 17.5. The van der Waals surface area contributed by atoms with Crippen LogP contribution in [0.15, 0.2) is 0 Å². The maximum Gasteiger partial charge on any atom is 0.187 e. The van der Waals surface area contributed by atoms with E-state index in [4.69, 9.17) is 18.9 Å². The van der Waals surface area contributed by atoms with Crippen LogP contribution in [-0.4, -0.2) is 117 Å². The zero-order chi connectivity index (χ0) is 22.6. The van der Waals surface area contributed by atoms with Gasteiger partial charge in [0, 0.05) is 0 Å². The van der Waals surface area contributed by atoms with Crippen molar-refractivity contribution in [3.8, 4) is 0 Å². The first kappa shape index (κ1) is 25.8. The van der Waals surface area contributed by atoms with Crippen molar-refractivity contribution in [3.05, 3.63) is 0 Å². The Balaban J connectivity index is 2.06. The van der Waals surface area contributed by atoms with Gasteiger partial charge in [0.15, 0.2) is 12.6 Å². The first-order valence-electron chi connectivity index (χ1n) is 10.3. The normalized spacial score (nSPS) is 43.7. The summed E-state index contributed by atoms with van der Waals surface area (Å²) in [6.45, 7) is 5.27. The Morgan fingerprint density at radius 1 is 0.733 bits per heavy atom. The van der Waals surface area contributed by atoms with Crippen LogP contribution in [0.4, 0.5) is 0 Å². The number of ether oxygens (including phenoxy) is 4. The van der Waals surface area contributed by atoms with Crippen LogP contribution < -0.4 is 0 Å². The van der Waals surface area contributed by atoms with E-state index in [-0.39, 0.29) is 6.61 Å². The molecule has 178 valence electrons. The molecule has 0 saturated carbocycles. The van der Waals surface area contributed by atoms with Gasteiger partial charge in [-0.1, -0.05) is 20.8 Å². The van der Waals surface area contributed by atoms with Crippen LogP contribution in [0.25, 0.3) is 0 Å². The molecule has 2 aliphatic rings. The molecule has 2 saturated heterocycles. The van der Waals surface area contributed by atoms with E-state index in [1.165, 1.54) is 0 Å². The Hall–Kier alpha value is -0.440.